The molecule has 1 aromatic rings. The van der Waals surface area contributed by atoms with Crippen LogP contribution in [0.1, 0.15) is 28.8 Å². The smallest absolute Gasteiger partial charge is 0.252 e. The van der Waals surface area contributed by atoms with E-state index in [0.29, 0.717) is 15.6 Å². The third-order valence-corrected chi connectivity index (χ3v) is 3.53. The Balaban J connectivity index is 2.33. The van der Waals surface area contributed by atoms with Gasteiger partial charge >= 0.3 is 0 Å². The summed E-state index contributed by atoms with van der Waals surface area (Å²) in [6, 6.07) is 3.25. The Bertz CT molecular complexity index is 454. The molecule has 0 aromatic heterocycles. The first kappa shape index (κ1) is 8.41. The van der Waals surface area contributed by atoms with Crippen molar-refractivity contribution in [3.05, 3.63) is 33.5 Å². The van der Waals surface area contributed by atoms with Crippen molar-refractivity contribution in [2.45, 2.75) is 18.4 Å². The Morgan fingerprint density at radius 3 is 2.79 bits per heavy atom. The molecule has 72 valence electrons. The topological polar surface area (TPSA) is 29.1 Å². The summed E-state index contributed by atoms with van der Waals surface area (Å²) in [5.74, 6) is -0.442. The van der Waals surface area contributed by atoms with Crippen LogP contribution in [0.25, 0.3) is 0 Å². The van der Waals surface area contributed by atoms with Crippen LogP contribution in [0.5, 0.6) is 0 Å². The molecule has 1 aliphatic heterocycles. The molecule has 0 bridgehead atoms. The van der Waals surface area contributed by atoms with Gasteiger partial charge in [0.2, 0.25) is 0 Å². The summed E-state index contributed by atoms with van der Waals surface area (Å²) >= 11 is 3.13. The molecule has 1 amide bonds. The zero-order valence-corrected chi connectivity index (χ0v) is 8.82. The van der Waals surface area contributed by atoms with Crippen LogP contribution < -0.4 is 5.32 Å². The number of nitrogens with one attached hydrogen (secondary N) is 1. The van der Waals surface area contributed by atoms with E-state index in [4.69, 9.17) is 0 Å². The van der Waals surface area contributed by atoms with Gasteiger partial charge in [-0.15, -0.1) is 0 Å². The Kier molecular flexibility index (Phi) is 1.42. The summed E-state index contributed by atoms with van der Waals surface area (Å²) in [4.78, 5) is 11.5. The quantitative estimate of drug-likeness (QED) is 0.758. The van der Waals surface area contributed by atoms with Crippen LogP contribution >= 0.6 is 15.9 Å². The number of amides is 1. The molecule has 0 saturated heterocycles. The Morgan fingerprint density at radius 2 is 2.14 bits per heavy atom. The maximum atomic E-state index is 13.8. The number of halogens is 2. The van der Waals surface area contributed by atoms with Crippen LogP contribution in [0, 0.1) is 5.82 Å². The number of carbonyl (C=O) groups is 1. The van der Waals surface area contributed by atoms with E-state index in [1.807, 2.05) is 0 Å². The maximum absolute atomic E-state index is 13.8. The lowest BCUT2D eigenvalue weighted by Gasteiger charge is -2.09. The fourth-order valence-corrected chi connectivity index (χ4v) is 2.39. The molecule has 14 heavy (non-hydrogen) atoms. The van der Waals surface area contributed by atoms with E-state index in [-0.39, 0.29) is 17.3 Å². The van der Waals surface area contributed by atoms with E-state index >= 15 is 0 Å². The van der Waals surface area contributed by atoms with Gasteiger partial charge < -0.3 is 5.32 Å². The lowest BCUT2D eigenvalue weighted by atomic mass is 10.0. The average Bonchev–Trinajstić information content (AvgIpc) is 2.83. The fourth-order valence-electron chi connectivity index (χ4n) is 2.05. The molecule has 3 rings (SSSR count). The molecule has 4 heteroatoms. The Morgan fingerprint density at radius 1 is 1.43 bits per heavy atom. The second-order valence-corrected chi connectivity index (χ2v) is 4.67. The molecule has 1 spiro atoms. The third kappa shape index (κ3) is 0.869. The van der Waals surface area contributed by atoms with Gasteiger partial charge in [-0.05, 0) is 40.9 Å². The molecule has 1 aromatic carbocycles. The molecule has 0 atom stereocenters. The number of benzene rings is 1. The van der Waals surface area contributed by atoms with Crippen molar-refractivity contribution in [1.82, 2.24) is 5.32 Å². The molecular formula is C10H7BrFNO. The molecule has 2 nitrogen and oxygen atoms in total. The van der Waals surface area contributed by atoms with Crippen molar-refractivity contribution in [2.24, 2.45) is 0 Å². The first-order valence-electron chi connectivity index (χ1n) is 4.45. The number of rotatable bonds is 0. The van der Waals surface area contributed by atoms with Crippen LogP contribution in [-0.4, -0.2) is 5.91 Å². The zero-order chi connectivity index (χ0) is 9.92. The maximum Gasteiger partial charge on any atom is 0.252 e. The van der Waals surface area contributed by atoms with E-state index in [2.05, 4.69) is 21.2 Å². The van der Waals surface area contributed by atoms with Crippen LogP contribution in [-0.2, 0) is 5.54 Å². The number of hydrogen-bond acceptors (Lipinski definition) is 1. The van der Waals surface area contributed by atoms with Crippen molar-refractivity contribution in [1.29, 1.82) is 0 Å². The summed E-state index contributed by atoms with van der Waals surface area (Å²) in [6.07, 6.45) is 1.69. The summed E-state index contributed by atoms with van der Waals surface area (Å²) in [6.45, 7) is 0. The summed E-state index contributed by atoms with van der Waals surface area (Å²) < 4.78 is 14.2. The van der Waals surface area contributed by atoms with E-state index in [1.165, 1.54) is 0 Å². The SMILES string of the molecule is O=C1NC2(CC2)c2c1ccc(Br)c2F. The molecule has 0 unspecified atom stereocenters. The van der Waals surface area contributed by atoms with Gasteiger partial charge in [-0.2, -0.15) is 0 Å². The molecule has 2 aliphatic rings. The van der Waals surface area contributed by atoms with Crippen molar-refractivity contribution in [3.63, 3.8) is 0 Å². The summed E-state index contributed by atoms with van der Waals surface area (Å²) in [5, 5.41) is 2.84. The predicted octanol–water partition coefficient (Wildman–Crippen LogP) is 2.32. The van der Waals surface area contributed by atoms with E-state index in [1.54, 1.807) is 12.1 Å². The van der Waals surface area contributed by atoms with Gasteiger partial charge in [-0.1, -0.05) is 0 Å². The lowest BCUT2D eigenvalue weighted by molar-refractivity contribution is 0.0952. The number of hydrogen-bond donors (Lipinski definition) is 1. The normalized spacial score (nSPS) is 20.9. The van der Waals surface area contributed by atoms with E-state index < -0.39 is 0 Å². The van der Waals surface area contributed by atoms with Crippen LogP contribution in [0.3, 0.4) is 0 Å². The van der Waals surface area contributed by atoms with Gasteiger partial charge in [0.05, 0.1) is 10.0 Å². The number of fused-ring (bicyclic) bond motifs is 2. The molecule has 1 heterocycles. The van der Waals surface area contributed by atoms with Crippen LogP contribution in [0.4, 0.5) is 4.39 Å². The monoisotopic (exact) mass is 255 g/mol. The molecule has 1 aliphatic carbocycles. The minimum Gasteiger partial charge on any atom is -0.342 e. The summed E-state index contributed by atoms with van der Waals surface area (Å²) in [5.41, 5.74) is 0.667. The van der Waals surface area contributed by atoms with Crippen molar-refractivity contribution in [2.75, 3.05) is 0 Å². The molecular weight excluding hydrogens is 249 g/mol. The van der Waals surface area contributed by atoms with Crippen LogP contribution in [0.15, 0.2) is 16.6 Å². The highest BCUT2D eigenvalue weighted by atomic mass is 79.9. The highest BCUT2D eigenvalue weighted by Gasteiger charge is 2.54. The molecule has 1 N–H and O–H groups in total. The van der Waals surface area contributed by atoms with Crippen molar-refractivity contribution < 1.29 is 9.18 Å². The first-order chi connectivity index (χ1) is 6.64. The van der Waals surface area contributed by atoms with Gasteiger partial charge in [0.15, 0.2) is 0 Å². The molecule has 1 fully saturated rings. The second-order valence-electron chi connectivity index (χ2n) is 3.82. The first-order valence-corrected chi connectivity index (χ1v) is 5.24. The Hall–Kier alpha value is -0.900. The third-order valence-electron chi connectivity index (χ3n) is 2.92. The van der Waals surface area contributed by atoms with Crippen molar-refractivity contribution >= 4 is 21.8 Å². The molecule has 0 radical (unpaired) electrons. The average molecular weight is 256 g/mol. The number of carbonyl (C=O) groups excluding carboxylic acids is 1. The Labute approximate surface area is 88.6 Å². The van der Waals surface area contributed by atoms with Gasteiger partial charge in [0.1, 0.15) is 5.82 Å². The highest BCUT2D eigenvalue weighted by Crippen LogP contribution is 2.51. The van der Waals surface area contributed by atoms with E-state index in [9.17, 15) is 9.18 Å². The fraction of sp³-hybridized carbons (Fsp3) is 0.300. The standard InChI is InChI=1S/C10H7BrFNO/c11-6-2-1-5-7(8(6)12)10(3-4-10)13-9(5)14/h1-2H,3-4H2,(H,13,14). The predicted molar refractivity (Wildman–Crippen MR) is 52.5 cm³/mol. The minimum absolute atomic E-state index is 0.149. The highest BCUT2D eigenvalue weighted by molar-refractivity contribution is 9.10. The largest absolute Gasteiger partial charge is 0.342 e. The minimum atomic E-state index is -0.375. The van der Waals surface area contributed by atoms with Gasteiger partial charge in [0, 0.05) is 11.1 Å². The lowest BCUT2D eigenvalue weighted by Crippen LogP contribution is -2.25. The molecule has 1 saturated carbocycles. The van der Waals surface area contributed by atoms with Crippen LogP contribution in [0.2, 0.25) is 0 Å². The second kappa shape index (κ2) is 2.37. The zero-order valence-electron chi connectivity index (χ0n) is 7.23. The van der Waals surface area contributed by atoms with E-state index in [0.717, 1.165) is 12.8 Å². The summed E-state index contributed by atoms with van der Waals surface area (Å²) in [7, 11) is 0. The van der Waals surface area contributed by atoms with Gasteiger partial charge in [-0.3, -0.25) is 4.79 Å². The van der Waals surface area contributed by atoms with Gasteiger partial charge in [-0.25, -0.2) is 4.39 Å². The van der Waals surface area contributed by atoms with Crippen molar-refractivity contribution in [3.8, 4) is 0 Å². The van der Waals surface area contributed by atoms with Gasteiger partial charge in [0.25, 0.3) is 5.91 Å².